The lowest BCUT2D eigenvalue weighted by Crippen LogP contribution is -2.22. The second-order valence-corrected chi connectivity index (χ2v) is 7.44. The summed E-state index contributed by atoms with van der Waals surface area (Å²) < 4.78 is 16.0. The average molecular weight is 284 g/mol. The van der Waals surface area contributed by atoms with E-state index in [0.717, 1.165) is 24.8 Å². The van der Waals surface area contributed by atoms with Crippen LogP contribution in [-0.2, 0) is 9.73 Å². The van der Waals surface area contributed by atoms with Crippen LogP contribution in [0.5, 0.6) is 0 Å². The van der Waals surface area contributed by atoms with Crippen molar-refractivity contribution in [1.82, 2.24) is 4.98 Å². The van der Waals surface area contributed by atoms with Crippen molar-refractivity contribution in [3.63, 3.8) is 0 Å². The minimum Gasteiger partial charge on any atom is -0.249 e. The molecule has 1 aliphatic carbocycles. The maximum absolute atomic E-state index is 12.4. The van der Waals surface area contributed by atoms with Crippen molar-refractivity contribution in [2.24, 2.45) is 4.36 Å². The van der Waals surface area contributed by atoms with Crippen LogP contribution in [0, 0.1) is 11.5 Å². The molecule has 0 spiro atoms. The van der Waals surface area contributed by atoms with E-state index in [1.807, 2.05) is 6.07 Å². The summed E-state index contributed by atoms with van der Waals surface area (Å²) in [5, 5.41) is 9.01. The first-order valence-electron chi connectivity index (χ1n) is 5.75. The van der Waals surface area contributed by atoms with Gasteiger partial charge in [-0.3, -0.25) is 0 Å². The van der Waals surface area contributed by atoms with E-state index in [2.05, 4.69) is 9.35 Å². The molecule has 18 heavy (non-hydrogen) atoms. The van der Waals surface area contributed by atoms with Crippen LogP contribution in [0.25, 0.3) is 0 Å². The first-order valence-corrected chi connectivity index (χ1v) is 8.11. The van der Waals surface area contributed by atoms with Crippen molar-refractivity contribution in [3.05, 3.63) is 29.0 Å². The molecule has 2 rings (SSSR count). The van der Waals surface area contributed by atoms with E-state index < -0.39 is 9.73 Å². The van der Waals surface area contributed by atoms with Crippen LogP contribution in [0.4, 0.5) is 0 Å². The third-order valence-electron chi connectivity index (χ3n) is 3.41. The maximum Gasteiger partial charge on any atom is 0.214 e. The summed E-state index contributed by atoms with van der Waals surface area (Å²) in [7, 11) is -2.46. The molecule has 0 N–H and O–H groups in total. The van der Waals surface area contributed by atoms with Gasteiger partial charge in [-0.25, -0.2) is 9.19 Å². The fourth-order valence-corrected chi connectivity index (χ4v) is 4.50. The van der Waals surface area contributed by atoms with Crippen molar-refractivity contribution < 1.29 is 4.21 Å². The molecular weight excluding hydrogens is 270 g/mol. The van der Waals surface area contributed by atoms with Crippen LogP contribution < -0.4 is 0 Å². The van der Waals surface area contributed by atoms with Crippen molar-refractivity contribution >= 4 is 21.3 Å². The molecule has 0 saturated heterocycles. The van der Waals surface area contributed by atoms with Crippen molar-refractivity contribution in [1.29, 1.82) is 5.26 Å². The van der Waals surface area contributed by atoms with E-state index in [9.17, 15) is 4.21 Å². The van der Waals surface area contributed by atoms with E-state index in [0.29, 0.717) is 5.15 Å². The molecule has 3 atom stereocenters. The summed E-state index contributed by atoms with van der Waals surface area (Å²) in [6.45, 7) is 0. The van der Waals surface area contributed by atoms with Gasteiger partial charge in [-0.2, -0.15) is 5.26 Å². The molecular formula is C12H14ClN3OS. The molecule has 1 saturated carbocycles. The van der Waals surface area contributed by atoms with E-state index in [4.69, 9.17) is 16.9 Å². The summed E-state index contributed by atoms with van der Waals surface area (Å²) >= 11 is 5.77. The zero-order valence-electron chi connectivity index (χ0n) is 10.0. The Labute approximate surface area is 112 Å². The number of rotatable bonds is 2. The van der Waals surface area contributed by atoms with Crippen molar-refractivity contribution in [3.8, 4) is 6.19 Å². The average Bonchev–Trinajstić information content (AvgIpc) is 2.79. The maximum atomic E-state index is 12.4. The van der Waals surface area contributed by atoms with Crippen molar-refractivity contribution in [2.75, 3.05) is 6.26 Å². The fraction of sp³-hybridized carbons (Fsp3) is 0.500. The van der Waals surface area contributed by atoms with Gasteiger partial charge in [0, 0.05) is 18.4 Å². The summed E-state index contributed by atoms with van der Waals surface area (Å²) in [5.74, 6) is 0.157. The molecule has 1 aromatic rings. The Hall–Kier alpha value is -1.12. The summed E-state index contributed by atoms with van der Waals surface area (Å²) in [5.41, 5.74) is 1.03. The second-order valence-electron chi connectivity index (χ2n) is 4.54. The minimum absolute atomic E-state index is 0.0693. The van der Waals surface area contributed by atoms with Crippen LogP contribution in [-0.4, -0.2) is 20.7 Å². The smallest absolute Gasteiger partial charge is 0.214 e. The molecule has 1 fully saturated rings. The Kier molecular flexibility index (Phi) is 3.88. The zero-order valence-corrected chi connectivity index (χ0v) is 11.6. The quantitative estimate of drug-likeness (QED) is 0.619. The molecule has 6 heteroatoms. The van der Waals surface area contributed by atoms with Gasteiger partial charge in [0.2, 0.25) is 6.19 Å². The Morgan fingerprint density at radius 1 is 1.56 bits per heavy atom. The summed E-state index contributed by atoms with van der Waals surface area (Å²) in [6.07, 6.45) is 7.78. The lowest BCUT2D eigenvalue weighted by Gasteiger charge is -2.20. The number of halogens is 1. The van der Waals surface area contributed by atoms with Gasteiger partial charge < -0.3 is 0 Å². The van der Waals surface area contributed by atoms with Gasteiger partial charge in [-0.1, -0.05) is 24.1 Å². The van der Waals surface area contributed by atoms with Gasteiger partial charge >= 0.3 is 0 Å². The van der Waals surface area contributed by atoms with Crippen molar-refractivity contribution in [2.45, 2.75) is 30.4 Å². The number of nitrogens with zero attached hydrogens (tertiary/aromatic N) is 3. The molecule has 0 aromatic carbocycles. The predicted molar refractivity (Wildman–Crippen MR) is 71.7 cm³/mol. The molecule has 0 radical (unpaired) electrons. The molecule has 0 bridgehead atoms. The Balaban J connectivity index is 2.34. The Morgan fingerprint density at radius 3 is 2.94 bits per heavy atom. The highest BCUT2D eigenvalue weighted by atomic mass is 35.5. The van der Waals surface area contributed by atoms with Crippen LogP contribution in [0.3, 0.4) is 0 Å². The van der Waals surface area contributed by atoms with E-state index in [1.54, 1.807) is 24.7 Å². The predicted octanol–water partition coefficient (Wildman–Crippen LogP) is 2.95. The second kappa shape index (κ2) is 5.25. The van der Waals surface area contributed by atoms with Gasteiger partial charge in [0.1, 0.15) is 5.15 Å². The molecule has 1 aliphatic rings. The molecule has 0 aliphatic heterocycles. The van der Waals surface area contributed by atoms with Gasteiger partial charge in [0.15, 0.2) is 0 Å². The van der Waals surface area contributed by atoms with Crippen LogP contribution in [0.2, 0.25) is 5.15 Å². The Morgan fingerprint density at radius 2 is 2.33 bits per heavy atom. The highest BCUT2D eigenvalue weighted by Crippen LogP contribution is 2.39. The first kappa shape index (κ1) is 13.3. The molecule has 0 amide bonds. The molecule has 96 valence electrons. The molecule has 4 nitrogen and oxygen atoms in total. The SMILES string of the molecule is CS(=O)(=NC#N)C1CCC[C@@H]1c1ccc(Cl)nc1. The fourth-order valence-electron chi connectivity index (χ4n) is 2.59. The number of hydrogen-bond donors (Lipinski definition) is 0. The lowest BCUT2D eigenvalue weighted by atomic mass is 9.99. The van der Waals surface area contributed by atoms with E-state index in [-0.39, 0.29) is 11.2 Å². The minimum atomic E-state index is -2.46. The third kappa shape index (κ3) is 2.65. The number of aromatic nitrogens is 1. The molecule has 1 heterocycles. The number of nitriles is 1. The molecule has 1 aromatic heterocycles. The standard InChI is InChI=1S/C12H14ClN3OS/c1-18(17,16-8-14)11-4-2-3-10(11)9-5-6-12(13)15-7-9/h5-7,10-11H,2-4H2,1H3/t10-,11?,18?/m1/s1. The normalized spacial score (nSPS) is 26.3. The highest BCUT2D eigenvalue weighted by molar-refractivity contribution is 7.93. The van der Waals surface area contributed by atoms with Gasteiger partial charge in [-0.05, 0) is 24.5 Å². The topological polar surface area (TPSA) is 66.1 Å². The van der Waals surface area contributed by atoms with Gasteiger partial charge in [0.05, 0.1) is 15.0 Å². The van der Waals surface area contributed by atoms with E-state index >= 15 is 0 Å². The van der Waals surface area contributed by atoms with Crippen LogP contribution in [0.1, 0.15) is 30.7 Å². The molecule has 2 unspecified atom stereocenters. The van der Waals surface area contributed by atoms with Gasteiger partial charge in [0.25, 0.3) is 0 Å². The lowest BCUT2D eigenvalue weighted by molar-refractivity contribution is 0.649. The highest BCUT2D eigenvalue weighted by Gasteiger charge is 2.34. The third-order valence-corrected chi connectivity index (χ3v) is 5.77. The largest absolute Gasteiger partial charge is 0.249 e. The number of hydrogen-bond acceptors (Lipinski definition) is 4. The van der Waals surface area contributed by atoms with Crippen LogP contribution >= 0.6 is 11.6 Å². The Bertz CT molecular complexity index is 584. The first-order chi connectivity index (χ1) is 8.54. The number of pyridine rings is 1. The van der Waals surface area contributed by atoms with Gasteiger partial charge in [-0.15, -0.1) is 4.36 Å². The van der Waals surface area contributed by atoms with Crippen LogP contribution in [0.15, 0.2) is 22.7 Å². The monoisotopic (exact) mass is 283 g/mol. The zero-order chi connectivity index (χ0) is 13.2. The summed E-state index contributed by atoms with van der Waals surface area (Å²) in [4.78, 5) is 4.06. The van der Waals surface area contributed by atoms with E-state index in [1.165, 1.54) is 0 Å². The summed E-state index contributed by atoms with van der Waals surface area (Å²) in [6, 6.07) is 3.66.